The number of rotatable bonds is 4. The molecule has 7 heteroatoms. The predicted molar refractivity (Wildman–Crippen MR) is 51.7 cm³/mol. The second-order valence-electron chi connectivity index (χ2n) is 2.38. The molecule has 0 saturated carbocycles. The van der Waals surface area contributed by atoms with Gasteiger partial charge in [0.2, 0.25) is 0 Å². The zero-order valence-corrected chi connectivity index (χ0v) is 8.84. The molecule has 0 aliphatic rings. The van der Waals surface area contributed by atoms with E-state index >= 15 is 0 Å². The van der Waals surface area contributed by atoms with Crippen molar-refractivity contribution in [3.05, 3.63) is 4.91 Å². The molecule has 0 aromatic heterocycles. The summed E-state index contributed by atoms with van der Waals surface area (Å²) in [6.45, 7) is 2.86. The predicted octanol–water partition coefficient (Wildman–Crippen LogP) is 1.89. The molecule has 0 bridgehead atoms. The molecule has 0 heterocycles. The highest BCUT2D eigenvalue weighted by atomic mass is 35.5. The van der Waals surface area contributed by atoms with E-state index in [9.17, 15) is 9.70 Å². The zero-order chi connectivity index (χ0) is 10.4. The monoisotopic (exact) mass is 227 g/mol. The normalized spacial score (nSPS) is 14.5. The molecule has 0 aromatic rings. The Kier molecular flexibility index (Phi) is 5.73. The average molecular weight is 228 g/mol. The van der Waals surface area contributed by atoms with E-state index in [1.807, 2.05) is 0 Å². The van der Waals surface area contributed by atoms with E-state index in [4.69, 9.17) is 23.2 Å². The molecule has 1 N–H and O–H groups in total. The Labute approximate surface area is 86.3 Å². The van der Waals surface area contributed by atoms with Gasteiger partial charge in [-0.2, -0.15) is 0 Å². The van der Waals surface area contributed by atoms with Crippen molar-refractivity contribution in [2.24, 2.45) is 5.18 Å². The molecule has 0 radical (unpaired) electrons. The minimum absolute atomic E-state index is 0.292. The topological polar surface area (TPSA) is 61.8 Å². The molecule has 0 aliphatic carbocycles. The molecular formula is C6H11Cl2N3O2. The van der Waals surface area contributed by atoms with Crippen molar-refractivity contribution >= 4 is 29.2 Å². The molecule has 2 unspecified atom stereocenters. The van der Waals surface area contributed by atoms with Gasteiger partial charge >= 0.3 is 6.03 Å². The van der Waals surface area contributed by atoms with Crippen molar-refractivity contribution in [1.82, 2.24) is 10.2 Å². The molecule has 0 rings (SSSR count). The fourth-order valence-corrected chi connectivity index (χ4v) is 0.897. The largest absolute Gasteiger partial charge is 0.322 e. The van der Waals surface area contributed by atoms with Gasteiger partial charge in [-0.1, -0.05) is 23.2 Å². The third kappa shape index (κ3) is 4.90. The zero-order valence-electron chi connectivity index (χ0n) is 7.33. The van der Waals surface area contributed by atoms with Gasteiger partial charge in [-0.25, -0.2) is 4.79 Å². The SMILES string of the molecule is CC(Cl)NC(=O)N(CN=O)C(C)Cl. The van der Waals surface area contributed by atoms with Crippen molar-refractivity contribution in [2.45, 2.75) is 24.8 Å². The minimum Gasteiger partial charge on any atom is -0.322 e. The third-order valence-electron chi connectivity index (χ3n) is 1.22. The summed E-state index contributed by atoms with van der Waals surface area (Å²) in [7, 11) is 0. The number of nitroso groups, excluding NO2 is 1. The quantitative estimate of drug-likeness (QED) is 0.453. The lowest BCUT2D eigenvalue weighted by Crippen LogP contribution is -2.44. The summed E-state index contributed by atoms with van der Waals surface area (Å²) in [6, 6.07) is -0.510. The standard InChI is InChI=1S/C6H11Cl2N3O2/c1-4(7)10-6(12)11(3-9-13)5(2)8/h4-5H,3H2,1-2H3,(H,10,12). The molecule has 2 amide bonds. The lowest BCUT2D eigenvalue weighted by Gasteiger charge is -2.22. The number of carbonyl (C=O) groups excluding carboxylic acids is 1. The Balaban J connectivity index is 4.19. The smallest absolute Gasteiger partial charge is 0.321 e. The van der Waals surface area contributed by atoms with E-state index in [-0.39, 0.29) is 6.67 Å². The van der Waals surface area contributed by atoms with Gasteiger partial charge in [0, 0.05) is 0 Å². The summed E-state index contributed by atoms with van der Waals surface area (Å²) < 4.78 is 0. The second kappa shape index (κ2) is 5.99. The van der Waals surface area contributed by atoms with E-state index in [1.54, 1.807) is 13.8 Å². The maximum Gasteiger partial charge on any atom is 0.321 e. The summed E-state index contributed by atoms with van der Waals surface area (Å²) in [6.07, 6.45) is 0. The van der Waals surface area contributed by atoms with Crippen LogP contribution in [0.15, 0.2) is 5.18 Å². The van der Waals surface area contributed by atoms with E-state index in [1.165, 1.54) is 0 Å². The third-order valence-corrected chi connectivity index (χ3v) is 1.57. The van der Waals surface area contributed by atoms with Crippen molar-refractivity contribution in [2.75, 3.05) is 6.67 Å². The molecular weight excluding hydrogens is 217 g/mol. The Morgan fingerprint density at radius 2 is 2.08 bits per heavy atom. The van der Waals surface area contributed by atoms with Crippen molar-refractivity contribution in [3.8, 4) is 0 Å². The molecule has 0 fully saturated rings. The first-order chi connectivity index (χ1) is 5.99. The van der Waals surface area contributed by atoms with Gasteiger partial charge in [-0.05, 0) is 19.0 Å². The number of nitrogens with one attached hydrogen (secondary N) is 1. The molecule has 0 aromatic carbocycles. The van der Waals surface area contributed by atoms with Gasteiger partial charge in [0.1, 0.15) is 11.0 Å². The fraction of sp³-hybridized carbons (Fsp3) is 0.833. The van der Waals surface area contributed by atoms with Crippen LogP contribution in [-0.2, 0) is 0 Å². The van der Waals surface area contributed by atoms with Gasteiger partial charge in [0.15, 0.2) is 6.67 Å². The van der Waals surface area contributed by atoms with E-state index in [0.717, 1.165) is 4.90 Å². The Bertz CT molecular complexity index is 187. The van der Waals surface area contributed by atoms with Crippen LogP contribution in [0, 0.1) is 4.91 Å². The van der Waals surface area contributed by atoms with Crippen molar-refractivity contribution in [1.29, 1.82) is 0 Å². The summed E-state index contributed by atoms with van der Waals surface area (Å²) in [5.74, 6) is 0. The van der Waals surface area contributed by atoms with Crippen LogP contribution < -0.4 is 5.32 Å². The van der Waals surface area contributed by atoms with Crippen LogP contribution in [-0.4, -0.2) is 28.6 Å². The summed E-state index contributed by atoms with van der Waals surface area (Å²) >= 11 is 11.1. The summed E-state index contributed by atoms with van der Waals surface area (Å²) in [4.78, 5) is 22.2. The van der Waals surface area contributed by atoms with Gasteiger partial charge in [0.05, 0.1) is 0 Å². The summed E-state index contributed by atoms with van der Waals surface area (Å²) in [5.41, 5.74) is -1.12. The lowest BCUT2D eigenvalue weighted by molar-refractivity contribution is 0.196. The van der Waals surface area contributed by atoms with Gasteiger partial charge < -0.3 is 5.32 Å². The molecule has 76 valence electrons. The van der Waals surface area contributed by atoms with Gasteiger partial charge in [-0.3, -0.25) is 4.90 Å². The number of halogens is 2. The van der Waals surface area contributed by atoms with Crippen molar-refractivity contribution < 1.29 is 4.79 Å². The average Bonchev–Trinajstić information content (AvgIpc) is 1.97. The van der Waals surface area contributed by atoms with E-state index in [0.29, 0.717) is 0 Å². The highest BCUT2D eigenvalue weighted by Crippen LogP contribution is 2.04. The van der Waals surface area contributed by atoms with Crippen LogP contribution in [0.2, 0.25) is 0 Å². The first-order valence-electron chi connectivity index (χ1n) is 3.63. The molecule has 5 nitrogen and oxygen atoms in total. The van der Waals surface area contributed by atoms with Crippen LogP contribution in [0.4, 0.5) is 4.79 Å². The van der Waals surface area contributed by atoms with E-state index in [2.05, 4.69) is 10.5 Å². The number of urea groups is 1. The number of alkyl halides is 2. The molecule has 0 spiro atoms. The lowest BCUT2D eigenvalue weighted by atomic mass is 10.6. The van der Waals surface area contributed by atoms with Gasteiger partial charge in [0.25, 0.3) is 0 Å². The number of carbonyl (C=O) groups is 1. The Morgan fingerprint density at radius 3 is 2.38 bits per heavy atom. The number of nitrogens with zero attached hydrogens (tertiary/aromatic N) is 2. The minimum atomic E-state index is -0.604. The molecule has 13 heavy (non-hydrogen) atoms. The van der Waals surface area contributed by atoms with Crippen LogP contribution in [0.25, 0.3) is 0 Å². The van der Waals surface area contributed by atoms with Crippen LogP contribution in [0.5, 0.6) is 0 Å². The highest BCUT2D eigenvalue weighted by molar-refractivity contribution is 6.22. The molecule has 0 saturated heterocycles. The number of hydrogen-bond acceptors (Lipinski definition) is 3. The maximum atomic E-state index is 11.2. The number of hydrogen-bond donors (Lipinski definition) is 1. The van der Waals surface area contributed by atoms with Crippen molar-refractivity contribution in [3.63, 3.8) is 0 Å². The molecule has 0 aliphatic heterocycles. The Hall–Kier alpha value is -0.550. The van der Waals surface area contributed by atoms with Crippen LogP contribution in [0.3, 0.4) is 0 Å². The number of amides is 2. The summed E-state index contributed by atoms with van der Waals surface area (Å²) in [5, 5.41) is 4.95. The van der Waals surface area contributed by atoms with E-state index < -0.39 is 17.0 Å². The van der Waals surface area contributed by atoms with Crippen LogP contribution in [0.1, 0.15) is 13.8 Å². The molecule has 2 atom stereocenters. The van der Waals surface area contributed by atoms with Gasteiger partial charge in [-0.15, -0.1) is 4.91 Å². The fourth-order valence-electron chi connectivity index (χ4n) is 0.654. The Morgan fingerprint density at radius 1 is 1.54 bits per heavy atom. The van der Waals surface area contributed by atoms with Crippen LogP contribution >= 0.6 is 23.2 Å². The highest BCUT2D eigenvalue weighted by Gasteiger charge is 2.18. The first kappa shape index (κ1) is 12.4. The first-order valence-corrected chi connectivity index (χ1v) is 4.50. The maximum absolute atomic E-state index is 11.2. The second-order valence-corrected chi connectivity index (χ2v) is 3.67.